The molecule has 2 atom stereocenters. The van der Waals surface area contributed by atoms with E-state index in [0.717, 1.165) is 12.8 Å². The molecule has 0 fully saturated rings. The number of carboxylic acids is 1. The lowest BCUT2D eigenvalue weighted by Gasteiger charge is -2.17. The number of amides is 2. The van der Waals surface area contributed by atoms with E-state index in [1.54, 1.807) is 6.92 Å². The first-order valence-electron chi connectivity index (χ1n) is 12.0. The summed E-state index contributed by atoms with van der Waals surface area (Å²) < 4.78 is 5.56. The first kappa shape index (κ1) is 25.3. The van der Waals surface area contributed by atoms with Crippen molar-refractivity contribution in [2.45, 2.75) is 45.4 Å². The van der Waals surface area contributed by atoms with Gasteiger partial charge in [-0.2, -0.15) is 0 Å². The van der Waals surface area contributed by atoms with Crippen LogP contribution in [0.4, 0.5) is 4.79 Å². The molecule has 34 heavy (non-hydrogen) atoms. The topological polar surface area (TPSA) is 105 Å². The third-order valence-electron chi connectivity index (χ3n) is 6.55. The van der Waals surface area contributed by atoms with Crippen LogP contribution in [0.15, 0.2) is 48.5 Å². The molecule has 3 N–H and O–H groups in total. The summed E-state index contributed by atoms with van der Waals surface area (Å²) in [7, 11) is 0. The quantitative estimate of drug-likeness (QED) is 0.425. The number of ether oxygens (including phenoxy) is 1. The Hall–Kier alpha value is -3.35. The van der Waals surface area contributed by atoms with E-state index in [-0.39, 0.29) is 30.9 Å². The van der Waals surface area contributed by atoms with Gasteiger partial charge in [0.2, 0.25) is 5.91 Å². The number of fused-ring (bicyclic) bond motifs is 3. The van der Waals surface area contributed by atoms with Crippen LogP contribution >= 0.6 is 0 Å². The molecule has 182 valence electrons. The zero-order valence-corrected chi connectivity index (χ0v) is 19.9. The molecule has 0 aliphatic heterocycles. The largest absolute Gasteiger partial charge is 0.481 e. The molecule has 0 aromatic heterocycles. The van der Waals surface area contributed by atoms with E-state index in [1.807, 2.05) is 24.3 Å². The molecule has 2 aromatic carbocycles. The van der Waals surface area contributed by atoms with Crippen molar-refractivity contribution in [3.63, 3.8) is 0 Å². The fraction of sp³-hybridized carbons (Fsp3) is 0.444. The second-order valence-electron chi connectivity index (χ2n) is 8.90. The number of rotatable bonds is 12. The molecule has 2 aromatic rings. The SMILES string of the molecule is CCC(CCNC(=O)OCC1c2ccccc2-c2ccccc21)CCC(=O)NCC(C)C(=O)O. The standard InChI is InChI=1S/C27H34N2O5/c1-3-19(12-13-25(30)29-16-18(2)26(31)32)14-15-28-27(33)34-17-24-22-10-6-4-8-20(22)21-9-5-7-11-23(21)24/h4-11,18-19,24H,3,12-17H2,1-2H3,(H,28,33)(H,29,30)(H,31,32). The lowest BCUT2D eigenvalue weighted by Crippen LogP contribution is -2.32. The van der Waals surface area contributed by atoms with E-state index in [4.69, 9.17) is 9.84 Å². The van der Waals surface area contributed by atoms with Crippen molar-refractivity contribution in [1.82, 2.24) is 10.6 Å². The molecule has 1 aliphatic rings. The lowest BCUT2D eigenvalue weighted by atomic mass is 9.96. The molecule has 3 rings (SSSR count). The molecule has 0 saturated heterocycles. The molecule has 2 amide bonds. The van der Waals surface area contributed by atoms with Gasteiger partial charge >= 0.3 is 12.1 Å². The van der Waals surface area contributed by atoms with E-state index in [0.29, 0.717) is 19.4 Å². The molecule has 2 unspecified atom stereocenters. The van der Waals surface area contributed by atoms with Crippen LogP contribution in [0.25, 0.3) is 11.1 Å². The lowest BCUT2D eigenvalue weighted by molar-refractivity contribution is -0.141. The van der Waals surface area contributed by atoms with Crippen molar-refractivity contribution in [2.75, 3.05) is 19.7 Å². The van der Waals surface area contributed by atoms with Crippen LogP contribution < -0.4 is 10.6 Å². The fourth-order valence-electron chi connectivity index (χ4n) is 4.36. The van der Waals surface area contributed by atoms with Gasteiger partial charge in [0.1, 0.15) is 6.61 Å². The Morgan fingerprint density at radius 3 is 2.18 bits per heavy atom. The highest BCUT2D eigenvalue weighted by Gasteiger charge is 2.29. The molecule has 0 saturated carbocycles. The Labute approximate surface area is 200 Å². The van der Waals surface area contributed by atoms with Crippen LogP contribution in [-0.4, -0.2) is 42.8 Å². The predicted molar refractivity (Wildman–Crippen MR) is 131 cm³/mol. The van der Waals surface area contributed by atoms with E-state index in [1.165, 1.54) is 22.3 Å². The Kier molecular flexibility index (Phi) is 9.08. The number of benzene rings is 2. The van der Waals surface area contributed by atoms with E-state index in [2.05, 4.69) is 41.8 Å². The molecule has 1 aliphatic carbocycles. The maximum atomic E-state index is 12.3. The molecular formula is C27H34N2O5. The molecule has 0 heterocycles. The monoisotopic (exact) mass is 466 g/mol. The van der Waals surface area contributed by atoms with Crippen LogP contribution in [-0.2, 0) is 14.3 Å². The molecule has 0 radical (unpaired) electrons. The summed E-state index contributed by atoms with van der Waals surface area (Å²) in [6.45, 7) is 4.52. The zero-order valence-electron chi connectivity index (χ0n) is 19.9. The summed E-state index contributed by atoms with van der Waals surface area (Å²) in [5, 5.41) is 14.4. The number of carbonyl (C=O) groups is 3. The average Bonchev–Trinajstić information content (AvgIpc) is 3.16. The number of carbonyl (C=O) groups excluding carboxylic acids is 2. The number of nitrogens with one attached hydrogen (secondary N) is 2. The predicted octanol–water partition coefficient (Wildman–Crippen LogP) is 4.56. The van der Waals surface area contributed by atoms with Crippen molar-refractivity contribution >= 4 is 18.0 Å². The maximum Gasteiger partial charge on any atom is 0.407 e. The van der Waals surface area contributed by atoms with Gasteiger partial charge in [0.05, 0.1) is 5.92 Å². The third kappa shape index (κ3) is 6.59. The van der Waals surface area contributed by atoms with Crippen molar-refractivity contribution in [3.05, 3.63) is 59.7 Å². The van der Waals surface area contributed by atoms with Crippen molar-refractivity contribution in [3.8, 4) is 11.1 Å². The van der Waals surface area contributed by atoms with Crippen molar-refractivity contribution < 1.29 is 24.2 Å². The summed E-state index contributed by atoms with van der Waals surface area (Å²) in [5.41, 5.74) is 4.75. The fourth-order valence-corrected chi connectivity index (χ4v) is 4.36. The Morgan fingerprint density at radius 1 is 0.971 bits per heavy atom. The highest BCUT2D eigenvalue weighted by molar-refractivity contribution is 5.79. The van der Waals surface area contributed by atoms with Crippen LogP contribution in [0.1, 0.15) is 56.6 Å². The Balaban J connectivity index is 1.39. The normalized spacial score (nSPS) is 13.9. The van der Waals surface area contributed by atoms with Gasteiger partial charge < -0.3 is 20.5 Å². The highest BCUT2D eigenvalue weighted by Crippen LogP contribution is 2.44. The zero-order chi connectivity index (χ0) is 24.5. The second-order valence-corrected chi connectivity index (χ2v) is 8.90. The van der Waals surface area contributed by atoms with Crippen molar-refractivity contribution in [1.29, 1.82) is 0 Å². The maximum absolute atomic E-state index is 12.3. The third-order valence-corrected chi connectivity index (χ3v) is 6.55. The number of aliphatic carboxylic acids is 1. The number of carboxylic acid groups (broad SMARTS) is 1. The van der Waals surface area contributed by atoms with Gasteiger partial charge in [-0.3, -0.25) is 9.59 Å². The number of hydrogen-bond acceptors (Lipinski definition) is 4. The van der Waals surface area contributed by atoms with Gasteiger partial charge in [0, 0.05) is 25.4 Å². The van der Waals surface area contributed by atoms with Crippen LogP contribution in [0, 0.1) is 11.8 Å². The highest BCUT2D eigenvalue weighted by atomic mass is 16.5. The van der Waals surface area contributed by atoms with Crippen LogP contribution in [0.5, 0.6) is 0 Å². The van der Waals surface area contributed by atoms with E-state index >= 15 is 0 Å². The smallest absolute Gasteiger partial charge is 0.407 e. The number of hydrogen-bond donors (Lipinski definition) is 3. The summed E-state index contributed by atoms with van der Waals surface area (Å²) in [4.78, 5) is 35.1. The summed E-state index contributed by atoms with van der Waals surface area (Å²) in [6.07, 6.45) is 2.24. The molecule has 0 spiro atoms. The first-order chi connectivity index (χ1) is 16.4. The number of alkyl carbamates (subject to hydrolysis) is 1. The van der Waals surface area contributed by atoms with Crippen LogP contribution in [0.3, 0.4) is 0 Å². The average molecular weight is 467 g/mol. The molecule has 0 bridgehead atoms. The van der Waals surface area contributed by atoms with Gasteiger partial charge in [-0.05, 0) is 41.0 Å². The van der Waals surface area contributed by atoms with Gasteiger partial charge in [0.15, 0.2) is 0 Å². The molecule has 7 heteroatoms. The van der Waals surface area contributed by atoms with Gasteiger partial charge in [-0.25, -0.2) is 4.79 Å². The van der Waals surface area contributed by atoms with E-state index < -0.39 is 18.0 Å². The van der Waals surface area contributed by atoms with Crippen LogP contribution in [0.2, 0.25) is 0 Å². The van der Waals surface area contributed by atoms with Gasteiger partial charge in [0.25, 0.3) is 0 Å². The molecular weight excluding hydrogens is 432 g/mol. The minimum Gasteiger partial charge on any atom is -0.481 e. The van der Waals surface area contributed by atoms with E-state index in [9.17, 15) is 14.4 Å². The first-order valence-corrected chi connectivity index (χ1v) is 12.0. The Morgan fingerprint density at radius 2 is 1.59 bits per heavy atom. The summed E-state index contributed by atoms with van der Waals surface area (Å²) in [5.74, 6) is -1.35. The minimum absolute atomic E-state index is 0.0314. The van der Waals surface area contributed by atoms with Crippen molar-refractivity contribution in [2.24, 2.45) is 11.8 Å². The van der Waals surface area contributed by atoms with Gasteiger partial charge in [-0.1, -0.05) is 68.8 Å². The minimum atomic E-state index is -0.925. The summed E-state index contributed by atoms with van der Waals surface area (Å²) >= 11 is 0. The second kappa shape index (κ2) is 12.2. The molecule has 7 nitrogen and oxygen atoms in total. The Bertz CT molecular complexity index is 961. The summed E-state index contributed by atoms with van der Waals surface area (Å²) in [6, 6.07) is 16.5. The van der Waals surface area contributed by atoms with Gasteiger partial charge in [-0.15, -0.1) is 0 Å².